The minimum atomic E-state index is -1.01. The second-order valence-electron chi connectivity index (χ2n) is 4.59. The molecule has 1 aliphatic carbocycles. The van der Waals surface area contributed by atoms with E-state index in [0.29, 0.717) is 32.0 Å². The predicted molar refractivity (Wildman–Crippen MR) is 63.3 cm³/mol. The fraction of sp³-hybridized carbons (Fsp3) is 0.846. The molecule has 0 aliphatic heterocycles. The number of carbonyl (C=O) groups is 2. The molecule has 4 nitrogen and oxygen atoms in total. The summed E-state index contributed by atoms with van der Waals surface area (Å²) in [6.45, 7) is 6.21. The van der Waals surface area contributed by atoms with Gasteiger partial charge in [0.2, 0.25) is 0 Å². The molecule has 1 aliphatic rings. The highest BCUT2D eigenvalue weighted by Crippen LogP contribution is 2.49. The predicted octanol–water partition coefficient (Wildman–Crippen LogP) is 2.31. The van der Waals surface area contributed by atoms with Gasteiger partial charge in [0.05, 0.1) is 13.2 Å². The van der Waals surface area contributed by atoms with Crippen molar-refractivity contribution in [3.05, 3.63) is 0 Å². The number of esters is 2. The fourth-order valence-corrected chi connectivity index (χ4v) is 2.49. The summed E-state index contributed by atoms with van der Waals surface area (Å²) >= 11 is 0. The minimum Gasteiger partial charge on any atom is -0.465 e. The number of ether oxygens (including phenoxy) is 2. The van der Waals surface area contributed by atoms with Crippen molar-refractivity contribution < 1.29 is 19.1 Å². The molecule has 98 valence electrons. The Morgan fingerprint density at radius 3 is 1.88 bits per heavy atom. The zero-order valence-corrected chi connectivity index (χ0v) is 11.0. The third kappa shape index (κ3) is 2.79. The first-order valence-corrected chi connectivity index (χ1v) is 6.45. The Hall–Kier alpha value is -1.06. The maximum Gasteiger partial charge on any atom is 0.323 e. The second kappa shape index (κ2) is 6.03. The topological polar surface area (TPSA) is 52.6 Å². The van der Waals surface area contributed by atoms with E-state index >= 15 is 0 Å². The van der Waals surface area contributed by atoms with Crippen LogP contribution in [0.25, 0.3) is 0 Å². The lowest BCUT2D eigenvalue weighted by atomic mass is 9.60. The Kier molecular flexibility index (Phi) is 4.97. The average molecular weight is 242 g/mol. The van der Waals surface area contributed by atoms with Gasteiger partial charge >= 0.3 is 11.9 Å². The molecule has 1 fully saturated rings. The van der Waals surface area contributed by atoms with Crippen LogP contribution in [0, 0.1) is 11.3 Å². The average Bonchev–Trinajstić information content (AvgIpc) is 2.23. The van der Waals surface area contributed by atoms with E-state index in [-0.39, 0.29) is 0 Å². The fourth-order valence-electron chi connectivity index (χ4n) is 2.49. The van der Waals surface area contributed by atoms with Crippen LogP contribution in [-0.2, 0) is 19.1 Å². The van der Waals surface area contributed by atoms with E-state index in [0.717, 1.165) is 12.8 Å². The minimum absolute atomic E-state index is 0.304. The van der Waals surface area contributed by atoms with Crippen molar-refractivity contribution in [3.8, 4) is 0 Å². The molecule has 0 heterocycles. The first kappa shape index (κ1) is 14.0. The van der Waals surface area contributed by atoms with Gasteiger partial charge in [0.1, 0.15) is 0 Å². The largest absolute Gasteiger partial charge is 0.465 e. The van der Waals surface area contributed by atoms with Crippen molar-refractivity contribution in [2.45, 2.75) is 46.5 Å². The Morgan fingerprint density at radius 2 is 1.53 bits per heavy atom. The molecule has 1 rings (SSSR count). The molecule has 0 N–H and O–H groups in total. The standard InChI is InChI=1S/C13H22O4/c1-4-7-10-8-13(9-10,11(14)16-5-2)12(15)17-6-3/h10H,4-9H2,1-3H3. The normalized spacial score (nSPS) is 18.3. The van der Waals surface area contributed by atoms with Gasteiger partial charge in [-0.15, -0.1) is 0 Å². The van der Waals surface area contributed by atoms with E-state index in [1.54, 1.807) is 13.8 Å². The summed E-state index contributed by atoms with van der Waals surface area (Å²) in [6, 6.07) is 0. The molecule has 0 radical (unpaired) electrons. The van der Waals surface area contributed by atoms with Crippen LogP contribution in [0.1, 0.15) is 46.5 Å². The maximum absolute atomic E-state index is 11.9. The first-order chi connectivity index (χ1) is 8.10. The van der Waals surface area contributed by atoms with Crippen molar-refractivity contribution in [1.29, 1.82) is 0 Å². The third-order valence-electron chi connectivity index (χ3n) is 3.30. The van der Waals surface area contributed by atoms with Crippen LogP contribution in [-0.4, -0.2) is 25.2 Å². The van der Waals surface area contributed by atoms with Crippen LogP contribution in [0.15, 0.2) is 0 Å². The highest BCUT2D eigenvalue weighted by atomic mass is 16.6. The van der Waals surface area contributed by atoms with Gasteiger partial charge in [0.25, 0.3) is 0 Å². The van der Waals surface area contributed by atoms with Crippen LogP contribution < -0.4 is 0 Å². The number of rotatable bonds is 6. The summed E-state index contributed by atoms with van der Waals surface area (Å²) in [4.78, 5) is 23.8. The molecule has 1 saturated carbocycles. The van der Waals surface area contributed by atoms with E-state index in [4.69, 9.17) is 9.47 Å². The lowest BCUT2D eigenvalue weighted by Crippen LogP contribution is -2.51. The summed E-state index contributed by atoms with van der Waals surface area (Å²) in [5.41, 5.74) is -1.01. The highest BCUT2D eigenvalue weighted by Gasteiger charge is 2.57. The Balaban J connectivity index is 2.68. The molecule has 4 heteroatoms. The molecule has 0 saturated heterocycles. The van der Waals surface area contributed by atoms with Crippen LogP contribution in [0.2, 0.25) is 0 Å². The van der Waals surface area contributed by atoms with Crippen molar-refractivity contribution in [3.63, 3.8) is 0 Å². The maximum atomic E-state index is 11.9. The van der Waals surface area contributed by atoms with Gasteiger partial charge in [-0.3, -0.25) is 9.59 Å². The number of hydrogen-bond donors (Lipinski definition) is 0. The van der Waals surface area contributed by atoms with Crippen LogP contribution in [0.5, 0.6) is 0 Å². The number of carbonyl (C=O) groups excluding carboxylic acids is 2. The van der Waals surface area contributed by atoms with E-state index in [2.05, 4.69) is 6.92 Å². The van der Waals surface area contributed by atoms with Gasteiger partial charge in [0.15, 0.2) is 5.41 Å². The quantitative estimate of drug-likeness (QED) is 0.530. The van der Waals surface area contributed by atoms with E-state index in [9.17, 15) is 9.59 Å². The SMILES string of the molecule is CCCC1CC(C(=O)OCC)(C(=O)OCC)C1. The summed E-state index contributed by atoms with van der Waals surface area (Å²) in [7, 11) is 0. The zero-order valence-electron chi connectivity index (χ0n) is 11.0. The molecule has 0 aromatic carbocycles. The second-order valence-corrected chi connectivity index (χ2v) is 4.59. The van der Waals surface area contributed by atoms with Crippen molar-refractivity contribution in [2.75, 3.05) is 13.2 Å². The van der Waals surface area contributed by atoms with Gasteiger partial charge in [-0.1, -0.05) is 19.8 Å². The molecule has 0 unspecified atom stereocenters. The third-order valence-corrected chi connectivity index (χ3v) is 3.30. The molecule has 0 aromatic heterocycles. The van der Waals surface area contributed by atoms with E-state index in [1.807, 2.05) is 0 Å². The number of hydrogen-bond acceptors (Lipinski definition) is 4. The Labute approximate surface area is 103 Å². The Morgan fingerprint density at radius 1 is 1.06 bits per heavy atom. The van der Waals surface area contributed by atoms with Crippen molar-refractivity contribution in [2.24, 2.45) is 11.3 Å². The molecule has 0 amide bonds. The first-order valence-electron chi connectivity index (χ1n) is 6.45. The lowest BCUT2D eigenvalue weighted by molar-refractivity contribution is -0.183. The van der Waals surface area contributed by atoms with Crippen LogP contribution in [0.4, 0.5) is 0 Å². The van der Waals surface area contributed by atoms with Gasteiger partial charge in [-0.05, 0) is 32.6 Å². The zero-order chi connectivity index (χ0) is 12.9. The summed E-state index contributed by atoms with van der Waals surface area (Å²) in [5, 5.41) is 0. The molecular formula is C13H22O4. The summed E-state index contributed by atoms with van der Waals surface area (Å²) < 4.78 is 10.0. The molecule has 0 bridgehead atoms. The van der Waals surface area contributed by atoms with Gasteiger partial charge in [-0.25, -0.2) is 0 Å². The molecular weight excluding hydrogens is 220 g/mol. The van der Waals surface area contributed by atoms with E-state index in [1.165, 1.54) is 0 Å². The summed E-state index contributed by atoms with van der Waals surface area (Å²) in [6.07, 6.45) is 3.30. The summed E-state index contributed by atoms with van der Waals surface area (Å²) in [5.74, 6) is -0.370. The van der Waals surface area contributed by atoms with Crippen LogP contribution >= 0.6 is 0 Å². The van der Waals surface area contributed by atoms with Gasteiger partial charge < -0.3 is 9.47 Å². The van der Waals surface area contributed by atoms with Crippen molar-refractivity contribution in [1.82, 2.24) is 0 Å². The smallest absolute Gasteiger partial charge is 0.323 e. The molecule has 0 atom stereocenters. The van der Waals surface area contributed by atoms with Crippen molar-refractivity contribution >= 4 is 11.9 Å². The Bertz CT molecular complexity index is 259. The molecule has 0 spiro atoms. The van der Waals surface area contributed by atoms with E-state index < -0.39 is 17.4 Å². The lowest BCUT2D eigenvalue weighted by Gasteiger charge is -2.43. The van der Waals surface area contributed by atoms with Gasteiger partial charge in [0, 0.05) is 0 Å². The van der Waals surface area contributed by atoms with Crippen LogP contribution in [0.3, 0.4) is 0 Å². The molecule has 17 heavy (non-hydrogen) atoms. The monoisotopic (exact) mass is 242 g/mol. The molecule has 0 aromatic rings. The highest BCUT2D eigenvalue weighted by molar-refractivity contribution is 6.01. The van der Waals surface area contributed by atoms with Gasteiger partial charge in [-0.2, -0.15) is 0 Å².